The average molecular weight is 293 g/mol. The highest BCUT2D eigenvalue weighted by molar-refractivity contribution is 7.08. The van der Waals surface area contributed by atoms with Gasteiger partial charge < -0.3 is 9.64 Å². The topological polar surface area (TPSA) is 29.5 Å². The molecule has 0 radical (unpaired) electrons. The van der Waals surface area contributed by atoms with Gasteiger partial charge in [-0.25, -0.2) is 0 Å². The van der Waals surface area contributed by atoms with Gasteiger partial charge in [-0.3, -0.25) is 4.79 Å². The molecule has 1 saturated carbocycles. The first-order valence-electron chi connectivity index (χ1n) is 7.76. The predicted octanol–water partition coefficient (Wildman–Crippen LogP) is 3.56. The van der Waals surface area contributed by atoms with Crippen molar-refractivity contribution in [1.82, 2.24) is 4.90 Å². The van der Waals surface area contributed by atoms with Crippen LogP contribution in [0.4, 0.5) is 0 Å². The summed E-state index contributed by atoms with van der Waals surface area (Å²) in [4.78, 5) is 14.3. The van der Waals surface area contributed by atoms with Gasteiger partial charge in [0.1, 0.15) is 0 Å². The van der Waals surface area contributed by atoms with E-state index in [1.54, 1.807) is 11.3 Å². The summed E-state index contributed by atoms with van der Waals surface area (Å²) >= 11 is 1.58. The Kier molecular flexibility index (Phi) is 4.73. The Balaban J connectivity index is 1.54. The van der Waals surface area contributed by atoms with Gasteiger partial charge in [0, 0.05) is 18.5 Å². The van der Waals surface area contributed by atoms with Crippen LogP contribution in [0.2, 0.25) is 0 Å². The number of carbonyl (C=O) groups excluding carboxylic acids is 1. The van der Waals surface area contributed by atoms with Gasteiger partial charge in [0.25, 0.3) is 5.91 Å². The standard InChI is InChI=1S/C16H23NO2S/c18-16(14-6-9-20-12-14)17-7-8-19-15(11-17)10-13-4-2-1-3-5-13/h6,9,12-13,15H,1-5,7-8,10-11H2. The Morgan fingerprint density at radius 1 is 1.35 bits per heavy atom. The van der Waals surface area contributed by atoms with Crippen LogP contribution in [0.5, 0.6) is 0 Å². The highest BCUT2D eigenvalue weighted by Crippen LogP contribution is 2.29. The summed E-state index contributed by atoms with van der Waals surface area (Å²) in [5.41, 5.74) is 0.827. The third kappa shape index (κ3) is 3.41. The van der Waals surface area contributed by atoms with Gasteiger partial charge in [-0.15, -0.1) is 0 Å². The van der Waals surface area contributed by atoms with Crippen molar-refractivity contribution in [3.63, 3.8) is 0 Å². The lowest BCUT2D eigenvalue weighted by molar-refractivity contribution is -0.0336. The SMILES string of the molecule is O=C(c1ccsc1)N1CCOC(CC2CCCCC2)C1. The lowest BCUT2D eigenvalue weighted by atomic mass is 9.85. The van der Waals surface area contributed by atoms with Gasteiger partial charge in [-0.05, 0) is 23.8 Å². The molecule has 0 spiro atoms. The van der Waals surface area contributed by atoms with Crippen molar-refractivity contribution in [2.45, 2.75) is 44.6 Å². The first-order valence-corrected chi connectivity index (χ1v) is 8.70. The molecule has 20 heavy (non-hydrogen) atoms. The zero-order valence-corrected chi connectivity index (χ0v) is 12.7. The van der Waals surface area contributed by atoms with E-state index in [9.17, 15) is 4.79 Å². The Morgan fingerprint density at radius 3 is 2.95 bits per heavy atom. The van der Waals surface area contributed by atoms with Gasteiger partial charge in [0.2, 0.25) is 0 Å². The Bertz CT molecular complexity index is 426. The molecule has 2 aliphatic rings. The molecular weight excluding hydrogens is 270 g/mol. The molecule has 1 aromatic heterocycles. The fraction of sp³-hybridized carbons (Fsp3) is 0.688. The minimum absolute atomic E-state index is 0.170. The van der Waals surface area contributed by atoms with Gasteiger partial charge in [-0.1, -0.05) is 32.1 Å². The van der Waals surface area contributed by atoms with Crippen LogP contribution < -0.4 is 0 Å². The van der Waals surface area contributed by atoms with E-state index in [2.05, 4.69) is 0 Å². The number of hydrogen-bond donors (Lipinski definition) is 0. The molecule has 1 unspecified atom stereocenters. The summed E-state index contributed by atoms with van der Waals surface area (Å²) in [6.45, 7) is 2.19. The third-order valence-corrected chi connectivity index (χ3v) is 5.20. The lowest BCUT2D eigenvalue weighted by Gasteiger charge is -2.35. The maximum absolute atomic E-state index is 12.4. The van der Waals surface area contributed by atoms with E-state index in [-0.39, 0.29) is 12.0 Å². The van der Waals surface area contributed by atoms with E-state index in [1.807, 2.05) is 21.7 Å². The first kappa shape index (κ1) is 14.1. The molecule has 0 bridgehead atoms. The highest BCUT2D eigenvalue weighted by Gasteiger charge is 2.27. The Labute approximate surface area is 124 Å². The molecule has 1 aliphatic heterocycles. The number of thiophene rings is 1. The molecule has 0 aromatic carbocycles. The molecule has 3 rings (SSSR count). The molecule has 1 aliphatic carbocycles. The fourth-order valence-corrected chi connectivity index (χ4v) is 4.04. The van der Waals surface area contributed by atoms with Gasteiger partial charge in [0.05, 0.1) is 18.3 Å². The molecule has 0 N–H and O–H groups in total. The second kappa shape index (κ2) is 6.72. The maximum atomic E-state index is 12.4. The van der Waals surface area contributed by atoms with E-state index < -0.39 is 0 Å². The highest BCUT2D eigenvalue weighted by atomic mass is 32.1. The summed E-state index contributed by atoms with van der Waals surface area (Å²) in [6.07, 6.45) is 8.20. The van der Waals surface area contributed by atoms with Crippen molar-refractivity contribution in [2.24, 2.45) is 5.92 Å². The van der Waals surface area contributed by atoms with Crippen LogP contribution in [-0.2, 0) is 4.74 Å². The zero-order valence-electron chi connectivity index (χ0n) is 11.9. The monoisotopic (exact) mass is 293 g/mol. The van der Waals surface area contributed by atoms with E-state index in [1.165, 1.54) is 32.1 Å². The van der Waals surface area contributed by atoms with E-state index in [0.29, 0.717) is 6.61 Å². The van der Waals surface area contributed by atoms with Gasteiger partial charge >= 0.3 is 0 Å². The number of morpholine rings is 1. The minimum atomic E-state index is 0.170. The van der Waals surface area contributed by atoms with Crippen LogP contribution in [0.15, 0.2) is 16.8 Å². The lowest BCUT2D eigenvalue weighted by Crippen LogP contribution is -2.46. The molecule has 3 nitrogen and oxygen atoms in total. The number of nitrogens with zero attached hydrogens (tertiary/aromatic N) is 1. The van der Waals surface area contributed by atoms with E-state index in [4.69, 9.17) is 4.74 Å². The third-order valence-electron chi connectivity index (χ3n) is 4.52. The second-order valence-electron chi connectivity index (χ2n) is 6.00. The van der Waals surface area contributed by atoms with E-state index >= 15 is 0 Å². The first-order chi connectivity index (χ1) is 9.83. The van der Waals surface area contributed by atoms with Crippen LogP contribution in [0.1, 0.15) is 48.9 Å². The smallest absolute Gasteiger partial charge is 0.254 e. The molecular formula is C16H23NO2S. The number of amides is 1. The van der Waals surface area contributed by atoms with Crippen molar-refractivity contribution in [3.8, 4) is 0 Å². The minimum Gasteiger partial charge on any atom is -0.375 e. The summed E-state index contributed by atoms with van der Waals surface area (Å²) < 4.78 is 5.89. The Hall–Kier alpha value is -0.870. The molecule has 1 saturated heterocycles. The molecule has 1 aromatic rings. The molecule has 1 amide bonds. The van der Waals surface area contributed by atoms with E-state index in [0.717, 1.165) is 31.0 Å². The molecule has 1 atom stereocenters. The quantitative estimate of drug-likeness (QED) is 0.853. The molecule has 2 heterocycles. The van der Waals surface area contributed by atoms with Crippen LogP contribution in [0.3, 0.4) is 0 Å². The van der Waals surface area contributed by atoms with Crippen LogP contribution in [0, 0.1) is 5.92 Å². The number of rotatable bonds is 3. The molecule has 4 heteroatoms. The van der Waals surface area contributed by atoms with Crippen LogP contribution in [-0.4, -0.2) is 36.6 Å². The summed E-state index contributed by atoms with van der Waals surface area (Å²) in [7, 11) is 0. The Morgan fingerprint density at radius 2 is 2.20 bits per heavy atom. The summed E-state index contributed by atoms with van der Waals surface area (Å²) in [5, 5.41) is 3.90. The number of hydrogen-bond acceptors (Lipinski definition) is 3. The average Bonchev–Trinajstić information content (AvgIpc) is 3.02. The maximum Gasteiger partial charge on any atom is 0.254 e. The largest absolute Gasteiger partial charge is 0.375 e. The van der Waals surface area contributed by atoms with Crippen LogP contribution in [0.25, 0.3) is 0 Å². The van der Waals surface area contributed by atoms with Crippen molar-refractivity contribution in [3.05, 3.63) is 22.4 Å². The summed E-state index contributed by atoms with van der Waals surface area (Å²) in [5.74, 6) is 0.980. The van der Waals surface area contributed by atoms with Crippen molar-refractivity contribution >= 4 is 17.2 Å². The molecule has 2 fully saturated rings. The van der Waals surface area contributed by atoms with Gasteiger partial charge in [0.15, 0.2) is 0 Å². The number of carbonyl (C=O) groups is 1. The zero-order chi connectivity index (χ0) is 13.8. The van der Waals surface area contributed by atoms with Crippen molar-refractivity contribution in [2.75, 3.05) is 19.7 Å². The predicted molar refractivity (Wildman–Crippen MR) is 81.2 cm³/mol. The summed E-state index contributed by atoms with van der Waals surface area (Å²) in [6, 6.07) is 1.92. The normalized spacial score (nSPS) is 24.8. The van der Waals surface area contributed by atoms with Crippen LogP contribution >= 0.6 is 11.3 Å². The van der Waals surface area contributed by atoms with Crippen molar-refractivity contribution in [1.29, 1.82) is 0 Å². The van der Waals surface area contributed by atoms with Gasteiger partial charge in [-0.2, -0.15) is 11.3 Å². The van der Waals surface area contributed by atoms with Crippen molar-refractivity contribution < 1.29 is 9.53 Å². The second-order valence-corrected chi connectivity index (χ2v) is 6.78. The fourth-order valence-electron chi connectivity index (χ4n) is 3.41. The number of ether oxygens (including phenoxy) is 1. The molecule has 110 valence electrons.